The number of rotatable bonds is 5. The Morgan fingerprint density at radius 1 is 1.37 bits per heavy atom. The van der Waals surface area contributed by atoms with Crippen molar-refractivity contribution in [3.8, 4) is 11.3 Å². The number of carboxylic acids is 1. The Hall–Kier alpha value is -1.88. The number of carboxylic acid groups (broad SMARTS) is 1. The van der Waals surface area contributed by atoms with E-state index >= 15 is 0 Å². The Labute approximate surface area is 115 Å². The topological polar surface area (TPSA) is 68.0 Å². The van der Waals surface area contributed by atoms with Gasteiger partial charge in [0.1, 0.15) is 5.69 Å². The fraction of sp³-hybridized carbons (Fsp3) is 0.308. The van der Waals surface area contributed by atoms with Gasteiger partial charge < -0.3 is 5.11 Å². The number of aromatic carboxylic acids is 1. The predicted octanol–water partition coefficient (Wildman–Crippen LogP) is 3.10. The molecule has 19 heavy (non-hydrogen) atoms. The molecule has 0 aliphatic rings. The van der Waals surface area contributed by atoms with Gasteiger partial charge in [-0.2, -0.15) is 0 Å². The first-order valence-electron chi connectivity index (χ1n) is 6.06. The number of hydrogen-bond donors (Lipinski definition) is 1. The lowest BCUT2D eigenvalue weighted by atomic mass is 10.1. The van der Waals surface area contributed by atoms with E-state index in [2.05, 4.69) is 17.2 Å². The van der Waals surface area contributed by atoms with Gasteiger partial charge in [0.25, 0.3) is 0 Å². The molecular formula is C13H14ClN3O2. The normalized spacial score (nSPS) is 10.6. The molecular weight excluding hydrogens is 266 g/mol. The van der Waals surface area contributed by atoms with Gasteiger partial charge in [-0.25, -0.2) is 9.48 Å². The molecule has 0 saturated carbocycles. The average molecular weight is 280 g/mol. The number of halogens is 1. The number of carbonyl (C=O) groups is 1. The van der Waals surface area contributed by atoms with Crippen LogP contribution in [-0.4, -0.2) is 26.1 Å². The molecule has 0 spiro atoms. The Balaban J connectivity index is 2.47. The highest BCUT2D eigenvalue weighted by atomic mass is 35.5. The van der Waals surface area contributed by atoms with Crippen molar-refractivity contribution in [2.75, 3.05) is 0 Å². The van der Waals surface area contributed by atoms with Gasteiger partial charge in [-0.1, -0.05) is 42.3 Å². The Kier molecular flexibility index (Phi) is 4.16. The van der Waals surface area contributed by atoms with Crippen molar-refractivity contribution in [2.24, 2.45) is 0 Å². The van der Waals surface area contributed by atoms with Crippen molar-refractivity contribution >= 4 is 17.6 Å². The minimum absolute atomic E-state index is 0.0292. The first-order chi connectivity index (χ1) is 9.13. The van der Waals surface area contributed by atoms with E-state index in [1.165, 1.54) is 0 Å². The van der Waals surface area contributed by atoms with Gasteiger partial charge in [0.2, 0.25) is 0 Å². The van der Waals surface area contributed by atoms with E-state index in [0.29, 0.717) is 17.3 Å². The van der Waals surface area contributed by atoms with Crippen LogP contribution in [0.4, 0.5) is 0 Å². The van der Waals surface area contributed by atoms with Crippen LogP contribution >= 0.6 is 11.6 Å². The third kappa shape index (κ3) is 2.93. The van der Waals surface area contributed by atoms with Crippen molar-refractivity contribution in [2.45, 2.75) is 26.3 Å². The van der Waals surface area contributed by atoms with Crippen LogP contribution in [0.1, 0.15) is 30.3 Å². The number of nitrogens with zero attached hydrogens (tertiary/aromatic N) is 3. The van der Waals surface area contributed by atoms with Crippen LogP contribution in [0.2, 0.25) is 5.02 Å². The molecule has 1 aromatic carbocycles. The zero-order chi connectivity index (χ0) is 13.8. The van der Waals surface area contributed by atoms with Crippen molar-refractivity contribution in [1.29, 1.82) is 0 Å². The summed E-state index contributed by atoms with van der Waals surface area (Å²) in [6.07, 6.45) is 1.92. The highest BCUT2D eigenvalue weighted by Gasteiger charge is 2.20. The van der Waals surface area contributed by atoms with Crippen LogP contribution < -0.4 is 0 Å². The number of aryl methyl sites for hydroxylation is 1. The number of benzene rings is 1. The summed E-state index contributed by atoms with van der Waals surface area (Å²) in [5, 5.41) is 17.5. The summed E-state index contributed by atoms with van der Waals surface area (Å²) in [5.74, 6) is -1.08. The molecule has 5 nitrogen and oxygen atoms in total. The number of hydrogen-bond acceptors (Lipinski definition) is 3. The minimum atomic E-state index is -1.08. The number of aromatic nitrogens is 3. The lowest BCUT2D eigenvalue weighted by molar-refractivity contribution is 0.0691. The van der Waals surface area contributed by atoms with Crippen LogP contribution in [0.25, 0.3) is 11.3 Å². The Morgan fingerprint density at radius 3 is 2.63 bits per heavy atom. The summed E-state index contributed by atoms with van der Waals surface area (Å²) in [6.45, 7) is 2.71. The highest BCUT2D eigenvalue weighted by Crippen LogP contribution is 2.24. The molecule has 0 unspecified atom stereocenters. The molecule has 0 aliphatic heterocycles. The maximum atomic E-state index is 11.2. The van der Waals surface area contributed by atoms with E-state index in [1.807, 2.05) is 0 Å². The second-order valence-electron chi connectivity index (χ2n) is 4.18. The molecule has 1 heterocycles. The van der Waals surface area contributed by atoms with Crippen molar-refractivity contribution < 1.29 is 9.90 Å². The molecule has 0 radical (unpaired) electrons. The monoisotopic (exact) mass is 279 g/mol. The van der Waals surface area contributed by atoms with Crippen LogP contribution in [0.3, 0.4) is 0 Å². The fourth-order valence-electron chi connectivity index (χ4n) is 1.81. The second-order valence-corrected chi connectivity index (χ2v) is 4.61. The largest absolute Gasteiger partial charge is 0.476 e. The quantitative estimate of drug-likeness (QED) is 0.913. The standard InChI is InChI=1S/C13H14ClN3O2/c1-2-3-8-17-12(11(13(18)19)15-16-17)9-4-6-10(14)7-5-9/h4-7H,2-3,8H2,1H3,(H,18,19). The van der Waals surface area contributed by atoms with Gasteiger partial charge in [-0.15, -0.1) is 5.10 Å². The molecule has 0 saturated heterocycles. The van der Waals surface area contributed by atoms with Crippen molar-refractivity contribution in [3.05, 3.63) is 35.0 Å². The molecule has 0 atom stereocenters. The SMILES string of the molecule is CCCCn1nnc(C(=O)O)c1-c1ccc(Cl)cc1. The second kappa shape index (κ2) is 5.84. The highest BCUT2D eigenvalue weighted by molar-refractivity contribution is 6.30. The Bertz CT molecular complexity index is 578. The van der Waals surface area contributed by atoms with Gasteiger partial charge in [-0.3, -0.25) is 0 Å². The third-order valence-electron chi connectivity index (χ3n) is 2.78. The maximum Gasteiger partial charge on any atom is 0.358 e. The predicted molar refractivity (Wildman–Crippen MR) is 72.3 cm³/mol. The molecule has 100 valence electrons. The summed E-state index contributed by atoms with van der Waals surface area (Å²) < 4.78 is 1.64. The lowest BCUT2D eigenvalue weighted by Crippen LogP contribution is -2.05. The van der Waals surface area contributed by atoms with Crippen LogP contribution in [0, 0.1) is 0 Å². The lowest BCUT2D eigenvalue weighted by Gasteiger charge is -2.06. The molecule has 0 fully saturated rings. The molecule has 0 aliphatic carbocycles. The van der Waals surface area contributed by atoms with E-state index in [1.54, 1.807) is 28.9 Å². The third-order valence-corrected chi connectivity index (χ3v) is 3.03. The molecule has 6 heteroatoms. The molecule has 2 aromatic rings. The minimum Gasteiger partial charge on any atom is -0.476 e. The molecule has 2 rings (SSSR count). The summed E-state index contributed by atoms with van der Waals surface area (Å²) in [7, 11) is 0. The first-order valence-corrected chi connectivity index (χ1v) is 6.44. The van der Waals surface area contributed by atoms with E-state index in [-0.39, 0.29) is 5.69 Å². The van der Waals surface area contributed by atoms with Gasteiger partial charge in [0.15, 0.2) is 5.69 Å². The Morgan fingerprint density at radius 2 is 2.05 bits per heavy atom. The van der Waals surface area contributed by atoms with Gasteiger partial charge in [0, 0.05) is 17.1 Å². The zero-order valence-electron chi connectivity index (χ0n) is 10.5. The average Bonchev–Trinajstić information content (AvgIpc) is 2.81. The van der Waals surface area contributed by atoms with E-state index < -0.39 is 5.97 Å². The summed E-state index contributed by atoms with van der Waals surface area (Å²) in [4.78, 5) is 11.2. The van der Waals surface area contributed by atoms with E-state index in [0.717, 1.165) is 18.4 Å². The van der Waals surface area contributed by atoms with Crippen LogP contribution in [0.15, 0.2) is 24.3 Å². The van der Waals surface area contributed by atoms with Gasteiger partial charge in [-0.05, 0) is 18.6 Å². The first kappa shape index (κ1) is 13.5. The van der Waals surface area contributed by atoms with Crippen LogP contribution in [0.5, 0.6) is 0 Å². The fourth-order valence-corrected chi connectivity index (χ4v) is 1.94. The van der Waals surface area contributed by atoms with E-state index in [4.69, 9.17) is 11.6 Å². The van der Waals surface area contributed by atoms with E-state index in [9.17, 15) is 9.90 Å². The summed E-state index contributed by atoms with van der Waals surface area (Å²) in [5.41, 5.74) is 1.25. The molecule has 0 amide bonds. The van der Waals surface area contributed by atoms with Crippen molar-refractivity contribution in [1.82, 2.24) is 15.0 Å². The number of unbranched alkanes of at least 4 members (excludes halogenated alkanes) is 1. The molecule has 0 bridgehead atoms. The van der Waals surface area contributed by atoms with Gasteiger partial charge >= 0.3 is 5.97 Å². The molecule has 1 N–H and O–H groups in total. The van der Waals surface area contributed by atoms with Crippen molar-refractivity contribution in [3.63, 3.8) is 0 Å². The summed E-state index contributed by atoms with van der Waals surface area (Å²) in [6, 6.07) is 6.99. The smallest absolute Gasteiger partial charge is 0.358 e. The zero-order valence-corrected chi connectivity index (χ0v) is 11.3. The van der Waals surface area contributed by atoms with Gasteiger partial charge in [0.05, 0.1) is 0 Å². The van der Waals surface area contributed by atoms with Crippen LogP contribution in [-0.2, 0) is 6.54 Å². The maximum absolute atomic E-state index is 11.2. The molecule has 1 aromatic heterocycles. The summed E-state index contributed by atoms with van der Waals surface area (Å²) >= 11 is 5.84.